The van der Waals surface area contributed by atoms with Gasteiger partial charge in [-0.15, -0.1) is 0 Å². The Kier molecular flexibility index (Phi) is 6.22. The molecule has 0 aromatic heterocycles. The average Bonchev–Trinajstić information content (AvgIpc) is 2.47. The lowest BCUT2D eigenvalue weighted by atomic mass is 9.82. The van der Waals surface area contributed by atoms with Crippen LogP contribution in [0, 0.1) is 17.7 Å². The minimum absolute atomic E-state index is 0.152. The number of benzene rings is 1. The van der Waals surface area contributed by atoms with Crippen molar-refractivity contribution < 1.29 is 4.39 Å². The Balaban J connectivity index is 1.93. The summed E-state index contributed by atoms with van der Waals surface area (Å²) in [5.74, 6) is 1.31. The highest BCUT2D eigenvalue weighted by molar-refractivity contribution is 5.20. The summed E-state index contributed by atoms with van der Waals surface area (Å²) in [6.07, 6.45) is 7.99. The third kappa shape index (κ3) is 4.81. The molecule has 1 unspecified atom stereocenters. The van der Waals surface area contributed by atoms with Gasteiger partial charge in [-0.05, 0) is 55.2 Å². The minimum Gasteiger partial charge on any atom is -0.307 e. The van der Waals surface area contributed by atoms with Crippen LogP contribution in [-0.4, -0.2) is 6.04 Å². The summed E-state index contributed by atoms with van der Waals surface area (Å²) < 4.78 is 13.1. The average molecular weight is 291 g/mol. The van der Waals surface area contributed by atoms with Crippen molar-refractivity contribution in [2.75, 3.05) is 0 Å². The van der Waals surface area contributed by atoms with Crippen LogP contribution in [0.2, 0.25) is 0 Å². The second-order valence-electron chi connectivity index (χ2n) is 6.95. The van der Waals surface area contributed by atoms with E-state index in [9.17, 15) is 4.39 Å². The highest BCUT2D eigenvalue weighted by Crippen LogP contribution is 2.30. The van der Waals surface area contributed by atoms with Crippen LogP contribution in [0.3, 0.4) is 0 Å². The Morgan fingerprint density at radius 2 is 1.71 bits per heavy atom. The zero-order chi connectivity index (χ0) is 15.2. The Morgan fingerprint density at radius 3 is 2.24 bits per heavy atom. The van der Waals surface area contributed by atoms with Crippen LogP contribution < -0.4 is 5.32 Å². The summed E-state index contributed by atoms with van der Waals surface area (Å²) in [5.41, 5.74) is 1.21. The van der Waals surface area contributed by atoms with Crippen molar-refractivity contribution in [2.45, 2.75) is 71.4 Å². The van der Waals surface area contributed by atoms with Gasteiger partial charge < -0.3 is 5.32 Å². The SMILES string of the molecule is CCCC1CCC(NC(c2ccc(F)cc2)C(C)C)CC1. The molecule has 0 saturated heterocycles. The van der Waals surface area contributed by atoms with E-state index in [1.807, 2.05) is 12.1 Å². The highest BCUT2D eigenvalue weighted by Gasteiger charge is 2.24. The molecule has 1 N–H and O–H groups in total. The standard InChI is InChI=1S/C19H30FN/c1-4-5-15-6-12-18(13-7-15)21-19(14(2)3)16-8-10-17(20)11-9-16/h8-11,14-15,18-19,21H,4-7,12-13H2,1-3H3. The van der Waals surface area contributed by atoms with E-state index in [-0.39, 0.29) is 5.82 Å². The van der Waals surface area contributed by atoms with Gasteiger partial charge in [-0.3, -0.25) is 0 Å². The predicted octanol–water partition coefficient (Wildman–Crippen LogP) is 5.47. The Labute approximate surface area is 129 Å². The molecule has 0 amide bonds. The quantitative estimate of drug-likeness (QED) is 0.732. The van der Waals surface area contributed by atoms with E-state index in [4.69, 9.17) is 0 Å². The molecular weight excluding hydrogens is 261 g/mol. The van der Waals surface area contributed by atoms with Gasteiger partial charge >= 0.3 is 0 Å². The van der Waals surface area contributed by atoms with Crippen LogP contribution in [0.4, 0.5) is 4.39 Å². The maximum atomic E-state index is 13.1. The predicted molar refractivity (Wildman–Crippen MR) is 87.8 cm³/mol. The van der Waals surface area contributed by atoms with E-state index in [2.05, 4.69) is 26.1 Å². The van der Waals surface area contributed by atoms with E-state index in [0.29, 0.717) is 18.0 Å². The Hall–Kier alpha value is -0.890. The summed E-state index contributed by atoms with van der Waals surface area (Å²) >= 11 is 0. The van der Waals surface area contributed by atoms with Crippen LogP contribution >= 0.6 is 0 Å². The lowest BCUT2D eigenvalue weighted by Gasteiger charge is -2.34. The first-order valence-electron chi connectivity index (χ1n) is 8.61. The summed E-state index contributed by atoms with van der Waals surface area (Å²) in [6, 6.07) is 7.95. The van der Waals surface area contributed by atoms with Gasteiger partial charge in [0.05, 0.1) is 0 Å². The Bertz CT molecular complexity index is 404. The molecule has 1 aromatic rings. The van der Waals surface area contributed by atoms with Gasteiger partial charge in [-0.1, -0.05) is 45.7 Å². The fourth-order valence-electron chi connectivity index (χ4n) is 3.62. The first kappa shape index (κ1) is 16.5. The molecule has 21 heavy (non-hydrogen) atoms. The fraction of sp³-hybridized carbons (Fsp3) is 0.684. The first-order valence-corrected chi connectivity index (χ1v) is 8.61. The fourth-order valence-corrected chi connectivity index (χ4v) is 3.62. The van der Waals surface area contributed by atoms with Gasteiger partial charge in [-0.25, -0.2) is 4.39 Å². The zero-order valence-corrected chi connectivity index (χ0v) is 13.7. The number of hydrogen-bond donors (Lipinski definition) is 1. The van der Waals surface area contributed by atoms with E-state index in [1.54, 1.807) is 12.1 Å². The molecular formula is C19H30FN. The van der Waals surface area contributed by atoms with Crippen LogP contribution in [0.1, 0.15) is 70.9 Å². The normalized spacial score (nSPS) is 24.2. The number of rotatable bonds is 6. The van der Waals surface area contributed by atoms with Crippen molar-refractivity contribution in [3.63, 3.8) is 0 Å². The number of nitrogens with one attached hydrogen (secondary N) is 1. The van der Waals surface area contributed by atoms with Crippen molar-refractivity contribution in [3.8, 4) is 0 Å². The lowest BCUT2D eigenvalue weighted by molar-refractivity contribution is 0.246. The van der Waals surface area contributed by atoms with Gasteiger partial charge in [0.25, 0.3) is 0 Å². The summed E-state index contributed by atoms with van der Waals surface area (Å²) in [7, 11) is 0. The molecule has 1 aliphatic carbocycles. The highest BCUT2D eigenvalue weighted by atomic mass is 19.1. The molecule has 0 bridgehead atoms. The topological polar surface area (TPSA) is 12.0 Å². The summed E-state index contributed by atoms with van der Waals surface area (Å²) in [6.45, 7) is 6.77. The number of hydrogen-bond acceptors (Lipinski definition) is 1. The first-order chi connectivity index (χ1) is 10.1. The molecule has 1 fully saturated rings. The minimum atomic E-state index is -0.152. The molecule has 1 atom stereocenters. The van der Waals surface area contributed by atoms with E-state index >= 15 is 0 Å². The molecule has 2 heteroatoms. The van der Waals surface area contributed by atoms with Crippen molar-refractivity contribution in [2.24, 2.45) is 11.8 Å². The summed E-state index contributed by atoms with van der Waals surface area (Å²) in [4.78, 5) is 0. The van der Waals surface area contributed by atoms with Crippen molar-refractivity contribution in [3.05, 3.63) is 35.6 Å². The summed E-state index contributed by atoms with van der Waals surface area (Å²) in [5, 5.41) is 3.83. The van der Waals surface area contributed by atoms with E-state index < -0.39 is 0 Å². The largest absolute Gasteiger partial charge is 0.307 e. The third-order valence-electron chi connectivity index (χ3n) is 4.85. The maximum Gasteiger partial charge on any atom is 0.123 e. The van der Waals surface area contributed by atoms with Gasteiger partial charge in [0.15, 0.2) is 0 Å². The molecule has 0 aliphatic heterocycles. The lowest BCUT2D eigenvalue weighted by Crippen LogP contribution is -2.38. The molecule has 2 rings (SSSR count). The van der Waals surface area contributed by atoms with Gasteiger partial charge in [0.1, 0.15) is 5.82 Å². The van der Waals surface area contributed by atoms with Crippen molar-refractivity contribution in [1.82, 2.24) is 5.32 Å². The van der Waals surface area contributed by atoms with Gasteiger partial charge in [0, 0.05) is 12.1 Å². The van der Waals surface area contributed by atoms with Crippen molar-refractivity contribution in [1.29, 1.82) is 0 Å². The van der Waals surface area contributed by atoms with Gasteiger partial charge in [-0.2, -0.15) is 0 Å². The molecule has 1 saturated carbocycles. The monoisotopic (exact) mass is 291 g/mol. The van der Waals surface area contributed by atoms with E-state index in [0.717, 1.165) is 5.92 Å². The molecule has 1 aliphatic rings. The molecule has 118 valence electrons. The molecule has 0 radical (unpaired) electrons. The Morgan fingerprint density at radius 1 is 1.10 bits per heavy atom. The zero-order valence-electron chi connectivity index (χ0n) is 13.7. The maximum absolute atomic E-state index is 13.1. The second-order valence-corrected chi connectivity index (χ2v) is 6.95. The van der Waals surface area contributed by atoms with Crippen LogP contribution in [0.5, 0.6) is 0 Å². The molecule has 1 aromatic carbocycles. The molecule has 0 spiro atoms. The number of halogens is 1. The third-order valence-corrected chi connectivity index (χ3v) is 4.85. The second kappa shape index (κ2) is 7.93. The van der Waals surface area contributed by atoms with Crippen LogP contribution in [0.15, 0.2) is 24.3 Å². The molecule has 0 heterocycles. The van der Waals surface area contributed by atoms with Crippen LogP contribution in [-0.2, 0) is 0 Å². The van der Waals surface area contributed by atoms with E-state index in [1.165, 1.54) is 44.1 Å². The van der Waals surface area contributed by atoms with Gasteiger partial charge in [0.2, 0.25) is 0 Å². The van der Waals surface area contributed by atoms with Crippen molar-refractivity contribution >= 4 is 0 Å². The smallest absolute Gasteiger partial charge is 0.123 e. The molecule has 1 nitrogen and oxygen atoms in total. The van der Waals surface area contributed by atoms with Crippen LogP contribution in [0.25, 0.3) is 0 Å².